The normalized spacial score (nSPS) is 11.3. The van der Waals surface area contributed by atoms with Crippen molar-refractivity contribution in [2.24, 2.45) is 5.73 Å². The predicted molar refractivity (Wildman–Crippen MR) is 40.9 cm³/mol. The van der Waals surface area contributed by atoms with Gasteiger partial charge in [-0.3, -0.25) is 5.41 Å². The molecule has 0 aliphatic carbocycles. The largest absolute Gasteiger partial charge is 0.547 e. The molecule has 5 N–H and O–H groups in total. The fourth-order valence-electron chi connectivity index (χ4n) is 0.410. The second kappa shape index (κ2) is 4.87. The maximum Gasteiger partial charge on any atom is 0.547 e. The Morgan fingerprint density at radius 3 is 2.36 bits per heavy atom. The van der Waals surface area contributed by atoms with Gasteiger partial charge in [-0.1, -0.05) is 0 Å². The third-order valence-corrected chi connectivity index (χ3v) is 1.15. The van der Waals surface area contributed by atoms with Crippen LogP contribution < -0.4 is 5.73 Å². The summed E-state index contributed by atoms with van der Waals surface area (Å²) in [5, 5.41) is 23.8. The molecular weight excluding hydrogens is 198 g/mol. The molecule has 9 nitrogen and oxygen atoms in total. The zero-order chi connectivity index (χ0) is 11.3. The number of nitrogens with two attached hydrogens (primary N) is 1. The number of aliphatic hydroxyl groups is 1. The van der Waals surface area contributed by atoms with Gasteiger partial charge in [0.1, 0.15) is 0 Å². The van der Waals surface area contributed by atoms with Crippen LogP contribution in [0.1, 0.15) is 0 Å². The van der Waals surface area contributed by atoms with Gasteiger partial charge in [-0.2, -0.15) is 0 Å². The molecule has 9 heteroatoms. The Labute approximate surface area is 78.1 Å². The van der Waals surface area contributed by atoms with E-state index in [1.807, 2.05) is 0 Å². The van der Waals surface area contributed by atoms with Gasteiger partial charge in [-0.25, -0.2) is 19.4 Å². The van der Waals surface area contributed by atoms with Gasteiger partial charge in [-0.15, -0.1) is 0 Å². The number of carbonyl (C=O) groups is 2. The molecule has 0 amide bonds. The number of likely N-dealkylation sites (N-methyl/N-ethyl adjacent to an activating group) is 1. The van der Waals surface area contributed by atoms with Gasteiger partial charge in [0, 0.05) is 7.05 Å². The zero-order valence-corrected chi connectivity index (χ0v) is 7.13. The van der Waals surface area contributed by atoms with E-state index in [0.717, 1.165) is 7.05 Å². The predicted octanol–water partition coefficient (Wildman–Crippen LogP) is -1.72. The van der Waals surface area contributed by atoms with Crippen molar-refractivity contribution >= 4 is 18.1 Å². The van der Waals surface area contributed by atoms with Gasteiger partial charge in [0.15, 0.2) is 5.96 Å². The van der Waals surface area contributed by atoms with Crippen LogP contribution in [0.5, 0.6) is 0 Å². The highest BCUT2D eigenvalue weighted by molar-refractivity contribution is 5.82. The molecule has 0 saturated heterocycles. The number of guanidine groups is 1. The average molecular weight is 207 g/mol. The molecule has 0 spiro atoms. The SMILES string of the molecule is CN(C(=N)N)C(O)C(=O)OOC(=O)O. The second-order valence-electron chi connectivity index (χ2n) is 2.12. The summed E-state index contributed by atoms with van der Waals surface area (Å²) in [4.78, 5) is 28.2. The van der Waals surface area contributed by atoms with Crippen LogP contribution in [0.15, 0.2) is 0 Å². The first kappa shape index (κ1) is 12.0. The monoisotopic (exact) mass is 207 g/mol. The van der Waals surface area contributed by atoms with Crippen LogP contribution in [0.4, 0.5) is 4.79 Å². The van der Waals surface area contributed by atoms with E-state index in [-0.39, 0.29) is 0 Å². The molecule has 1 atom stereocenters. The minimum atomic E-state index is -1.90. The number of hydrogen-bond acceptors (Lipinski definition) is 6. The van der Waals surface area contributed by atoms with E-state index >= 15 is 0 Å². The number of carboxylic acid groups (broad SMARTS) is 1. The second-order valence-corrected chi connectivity index (χ2v) is 2.12. The van der Waals surface area contributed by atoms with E-state index < -0.39 is 24.3 Å². The first-order valence-electron chi connectivity index (χ1n) is 3.22. The summed E-state index contributed by atoms with van der Waals surface area (Å²) in [5.41, 5.74) is 4.91. The average Bonchev–Trinajstić information content (AvgIpc) is 2.11. The maximum absolute atomic E-state index is 10.7. The Hall–Kier alpha value is -2.03. The number of hydrogen-bond donors (Lipinski definition) is 4. The van der Waals surface area contributed by atoms with Crippen molar-refractivity contribution in [1.82, 2.24) is 4.90 Å². The molecule has 0 heterocycles. The fourth-order valence-corrected chi connectivity index (χ4v) is 0.410. The summed E-state index contributed by atoms with van der Waals surface area (Å²) >= 11 is 0. The van der Waals surface area contributed by atoms with Crippen LogP contribution in [0.3, 0.4) is 0 Å². The third-order valence-electron chi connectivity index (χ3n) is 1.15. The molecule has 1 unspecified atom stereocenters. The lowest BCUT2D eigenvalue weighted by Gasteiger charge is -2.20. The Morgan fingerprint density at radius 2 is 2.00 bits per heavy atom. The molecule has 0 bridgehead atoms. The Bertz CT molecular complexity index is 254. The van der Waals surface area contributed by atoms with E-state index in [2.05, 4.69) is 9.78 Å². The Morgan fingerprint density at radius 1 is 1.50 bits per heavy atom. The van der Waals surface area contributed by atoms with Crippen LogP contribution in [0.25, 0.3) is 0 Å². The smallest absolute Gasteiger partial charge is 0.447 e. The molecule has 80 valence electrons. The summed E-state index contributed by atoms with van der Waals surface area (Å²) < 4.78 is 0. The number of nitrogens with zero attached hydrogens (tertiary/aromatic N) is 1. The molecule has 0 aromatic carbocycles. The van der Waals surface area contributed by atoms with E-state index in [1.54, 1.807) is 0 Å². The first-order valence-corrected chi connectivity index (χ1v) is 3.22. The van der Waals surface area contributed by atoms with Gasteiger partial charge in [0.25, 0.3) is 0 Å². The maximum atomic E-state index is 10.7. The lowest BCUT2D eigenvalue weighted by atomic mass is 10.5. The Balaban J connectivity index is 4.11. The standard InChI is InChI=1S/C5H9N3O6/c1-8(4(6)7)2(9)3(10)13-14-5(11)12/h2,9H,1H3,(H3,6,7)(H,11,12). The molecule has 0 aliphatic rings. The highest BCUT2D eigenvalue weighted by Crippen LogP contribution is 1.95. The molecular formula is C5H9N3O6. The molecule has 0 saturated carbocycles. The van der Waals surface area contributed by atoms with E-state index in [9.17, 15) is 9.59 Å². The highest BCUT2D eigenvalue weighted by atomic mass is 17.2. The number of nitrogens with one attached hydrogen (secondary N) is 1. The van der Waals surface area contributed by atoms with Crippen molar-refractivity contribution in [1.29, 1.82) is 5.41 Å². The number of carbonyl (C=O) groups excluding carboxylic acids is 1. The minimum absolute atomic E-state index is 0.593. The minimum Gasteiger partial charge on any atom is -0.447 e. The van der Waals surface area contributed by atoms with E-state index in [1.165, 1.54) is 0 Å². The van der Waals surface area contributed by atoms with E-state index in [0.29, 0.717) is 4.90 Å². The zero-order valence-electron chi connectivity index (χ0n) is 7.13. The summed E-state index contributed by atoms with van der Waals surface area (Å²) in [6.45, 7) is 0. The summed E-state index contributed by atoms with van der Waals surface area (Å²) in [7, 11) is 1.13. The van der Waals surface area contributed by atoms with Crippen molar-refractivity contribution in [2.75, 3.05) is 7.05 Å². The van der Waals surface area contributed by atoms with Crippen LogP contribution in [-0.4, -0.2) is 46.5 Å². The molecule has 14 heavy (non-hydrogen) atoms. The third kappa shape index (κ3) is 3.58. The summed E-state index contributed by atoms with van der Waals surface area (Å²) in [6, 6.07) is 0. The highest BCUT2D eigenvalue weighted by Gasteiger charge is 2.25. The lowest BCUT2D eigenvalue weighted by Crippen LogP contribution is -2.46. The van der Waals surface area contributed by atoms with Crippen molar-refractivity contribution in [3.05, 3.63) is 0 Å². The summed E-state index contributed by atoms with van der Waals surface area (Å²) in [5.74, 6) is -1.99. The topological polar surface area (TPSA) is 146 Å². The fraction of sp³-hybridized carbons (Fsp3) is 0.400. The first-order chi connectivity index (χ1) is 6.36. The molecule has 0 aromatic rings. The molecule has 0 rings (SSSR count). The van der Waals surface area contributed by atoms with Gasteiger partial charge >= 0.3 is 12.1 Å². The number of rotatable bonds is 2. The van der Waals surface area contributed by atoms with Crippen LogP contribution in [-0.2, 0) is 14.6 Å². The van der Waals surface area contributed by atoms with Crippen LogP contribution in [0.2, 0.25) is 0 Å². The Kier molecular flexibility index (Phi) is 4.16. The molecule has 0 fully saturated rings. The van der Waals surface area contributed by atoms with Gasteiger partial charge in [-0.05, 0) is 0 Å². The van der Waals surface area contributed by atoms with Gasteiger partial charge in [0.05, 0.1) is 0 Å². The van der Waals surface area contributed by atoms with Crippen molar-refractivity contribution in [3.63, 3.8) is 0 Å². The van der Waals surface area contributed by atoms with Gasteiger partial charge < -0.3 is 20.8 Å². The van der Waals surface area contributed by atoms with E-state index in [4.69, 9.17) is 21.4 Å². The van der Waals surface area contributed by atoms with Crippen molar-refractivity contribution in [2.45, 2.75) is 6.23 Å². The quantitative estimate of drug-likeness (QED) is 0.137. The van der Waals surface area contributed by atoms with Crippen molar-refractivity contribution in [3.8, 4) is 0 Å². The van der Waals surface area contributed by atoms with Crippen LogP contribution in [0, 0.1) is 5.41 Å². The molecule has 0 aliphatic heterocycles. The molecule has 0 radical (unpaired) electrons. The molecule has 0 aromatic heterocycles. The van der Waals surface area contributed by atoms with Gasteiger partial charge in [0.2, 0.25) is 6.23 Å². The number of aliphatic hydroxyl groups excluding tert-OH is 1. The van der Waals surface area contributed by atoms with Crippen molar-refractivity contribution < 1.29 is 29.6 Å². The lowest BCUT2D eigenvalue weighted by molar-refractivity contribution is -0.252. The summed E-state index contributed by atoms with van der Waals surface area (Å²) in [6.07, 6.45) is -3.73. The van der Waals surface area contributed by atoms with Crippen LogP contribution >= 0.6 is 0 Å².